The second kappa shape index (κ2) is 5.89. The van der Waals surface area contributed by atoms with Gasteiger partial charge in [-0.15, -0.1) is 0 Å². The molecule has 1 aromatic heterocycles. The Labute approximate surface area is 113 Å². The van der Waals surface area contributed by atoms with Gasteiger partial charge in [-0.1, -0.05) is 12.1 Å². The first-order valence-electron chi connectivity index (χ1n) is 6.46. The normalized spacial score (nSPS) is 12.4. The van der Waals surface area contributed by atoms with Crippen molar-refractivity contribution in [1.82, 2.24) is 9.78 Å². The molecule has 0 fully saturated rings. The molecule has 0 saturated carbocycles. The maximum Gasteiger partial charge on any atom is 0.125 e. The molecule has 1 atom stereocenters. The van der Waals surface area contributed by atoms with Crippen molar-refractivity contribution in [1.29, 1.82) is 0 Å². The molecule has 102 valence electrons. The minimum absolute atomic E-state index is 0.521. The molecule has 4 heteroatoms. The van der Waals surface area contributed by atoms with Crippen LogP contribution >= 0.6 is 0 Å². The Morgan fingerprint density at radius 3 is 2.79 bits per heavy atom. The summed E-state index contributed by atoms with van der Waals surface area (Å²) in [5, 5.41) is 13.9. The number of aliphatic hydroxyl groups is 1. The first-order valence-corrected chi connectivity index (χ1v) is 6.46. The molecule has 0 bridgehead atoms. The zero-order valence-corrected chi connectivity index (χ0v) is 11.6. The summed E-state index contributed by atoms with van der Waals surface area (Å²) in [7, 11) is 1.92. The molecule has 0 amide bonds. The van der Waals surface area contributed by atoms with Gasteiger partial charge in [0.05, 0.1) is 12.7 Å². The van der Waals surface area contributed by atoms with Gasteiger partial charge >= 0.3 is 0 Å². The summed E-state index contributed by atoms with van der Waals surface area (Å²) in [6.45, 7) is 4.33. The quantitative estimate of drug-likeness (QED) is 0.898. The van der Waals surface area contributed by atoms with Gasteiger partial charge in [-0.3, -0.25) is 4.68 Å². The first kappa shape index (κ1) is 13.6. The highest BCUT2D eigenvalue weighted by Crippen LogP contribution is 2.26. The van der Waals surface area contributed by atoms with Crippen LogP contribution in [0.2, 0.25) is 0 Å². The molecule has 0 saturated heterocycles. The van der Waals surface area contributed by atoms with Crippen LogP contribution in [0.3, 0.4) is 0 Å². The van der Waals surface area contributed by atoms with E-state index < -0.39 is 6.10 Å². The van der Waals surface area contributed by atoms with Crippen molar-refractivity contribution < 1.29 is 9.84 Å². The van der Waals surface area contributed by atoms with Crippen LogP contribution in [0.15, 0.2) is 30.5 Å². The Morgan fingerprint density at radius 2 is 2.16 bits per heavy atom. The Hall–Kier alpha value is -1.81. The van der Waals surface area contributed by atoms with Gasteiger partial charge in [0, 0.05) is 30.9 Å². The third-order valence-electron chi connectivity index (χ3n) is 3.16. The van der Waals surface area contributed by atoms with E-state index in [2.05, 4.69) is 5.10 Å². The van der Waals surface area contributed by atoms with E-state index in [9.17, 15) is 5.11 Å². The molecule has 0 aliphatic carbocycles. The zero-order valence-electron chi connectivity index (χ0n) is 11.6. The van der Waals surface area contributed by atoms with E-state index in [1.165, 1.54) is 0 Å². The number of aromatic nitrogens is 2. The standard InChI is InChI=1S/C15H20N2O2/c1-11-4-5-14(12(2)18)15(10-11)19-9-7-13-6-8-16-17(13)3/h4-6,8,10,12,18H,7,9H2,1-3H3/t12-/m0/s1. The average molecular weight is 260 g/mol. The van der Waals surface area contributed by atoms with Gasteiger partial charge in [-0.2, -0.15) is 5.10 Å². The first-order chi connectivity index (χ1) is 9.08. The molecule has 2 aromatic rings. The van der Waals surface area contributed by atoms with E-state index in [0.29, 0.717) is 6.61 Å². The SMILES string of the molecule is Cc1ccc([C@H](C)O)c(OCCc2ccnn2C)c1. The third kappa shape index (κ3) is 3.35. The maximum atomic E-state index is 9.73. The number of aryl methyl sites for hydroxylation is 2. The lowest BCUT2D eigenvalue weighted by Gasteiger charge is -2.14. The largest absolute Gasteiger partial charge is 0.493 e. The topological polar surface area (TPSA) is 47.3 Å². The van der Waals surface area contributed by atoms with Gasteiger partial charge in [0.2, 0.25) is 0 Å². The second-order valence-electron chi connectivity index (χ2n) is 4.76. The van der Waals surface area contributed by atoms with Crippen molar-refractivity contribution >= 4 is 0 Å². The number of aliphatic hydroxyl groups excluding tert-OH is 1. The minimum atomic E-state index is -0.521. The van der Waals surface area contributed by atoms with Gasteiger partial charge in [0.15, 0.2) is 0 Å². The number of hydrogen-bond donors (Lipinski definition) is 1. The lowest BCUT2D eigenvalue weighted by molar-refractivity contribution is 0.191. The van der Waals surface area contributed by atoms with Crippen LogP contribution in [0, 0.1) is 6.92 Å². The summed E-state index contributed by atoms with van der Waals surface area (Å²) >= 11 is 0. The van der Waals surface area contributed by atoms with Crippen molar-refractivity contribution in [3.8, 4) is 5.75 Å². The summed E-state index contributed by atoms with van der Waals surface area (Å²) in [4.78, 5) is 0. The van der Waals surface area contributed by atoms with Crippen molar-refractivity contribution in [3.63, 3.8) is 0 Å². The van der Waals surface area contributed by atoms with Crippen molar-refractivity contribution in [2.24, 2.45) is 7.05 Å². The lowest BCUT2D eigenvalue weighted by atomic mass is 10.1. The van der Waals surface area contributed by atoms with Crippen LogP contribution in [0.4, 0.5) is 0 Å². The highest BCUT2D eigenvalue weighted by Gasteiger charge is 2.09. The van der Waals surface area contributed by atoms with Gasteiger partial charge in [0.1, 0.15) is 5.75 Å². The summed E-state index contributed by atoms with van der Waals surface area (Å²) in [6.07, 6.45) is 2.06. The molecule has 0 unspecified atom stereocenters. The third-order valence-corrected chi connectivity index (χ3v) is 3.16. The number of ether oxygens (including phenoxy) is 1. The van der Waals surface area contributed by atoms with Crippen LogP contribution in [-0.2, 0) is 13.5 Å². The zero-order chi connectivity index (χ0) is 13.8. The van der Waals surface area contributed by atoms with E-state index in [1.807, 2.05) is 42.9 Å². The molecule has 0 aliphatic rings. The van der Waals surface area contributed by atoms with Crippen molar-refractivity contribution in [2.75, 3.05) is 6.61 Å². The highest BCUT2D eigenvalue weighted by molar-refractivity contribution is 5.38. The fourth-order valence-corrected chi connectivity index (χ4v) is 2.02. The molecular formula is C15H20N2O2. The van der Waals surface area contributed by atoms with E-state index >= 15 is 0 Å². The number of nitrogens with zero attached hydrogens (tertiary/aromatic N) is 2. The smallest absolute Gasteiger partial charge is 0.125 e. The molecule has 19 heavy (non-hydrogen) atoms. The van der Waals surface area contributed by atoms with Crippen LogP contribution < -0.4 is 4.74 Å². The summed E-state index contributed by atoms with van der Waals surface area (Å²) < 4.78 is 7.65. The van der Waals surface area contributed by atoms with Crippen LogP contribution in [0.1, 0.15) is 29.8 Å². The van der Waals surface area contributed by atoms with Crippen LogP contribution in [-0.4, -0.2) is 21.5 Å². The van der Waals surface area contributed by atoms with E-state index in [-0.39, 0.29) is 0 Å². The average Bonchev–Trinajstić information content (AvgIpc) is 2.75. The molecular weight excluding hydrogens is 240 g/mol. The monoisotopic (exact) mass is 260 g/mol. The fraction of sp³-hybridized carbons (Fsp3) is 0.400. The Bertz CT molecular complexity index is 547. The lowest BCUT2D eigenvalue weighted by Crippen LogP contribution is -2.08. The minimum Gasteiger partial charge on any atom is -0.493 e. The fourth-order valence-electron chi connectivity index (χ4n) is 2.02. The van der Waals surface area contributed by atoms with Crippen molar-refractivity contribution in [3.05, 3.63) is 47.3 Å². The molecule has 1 heterocycles. The molecule has 1 aromatic carbocycles. The van der Waals surface area contributed by atoms with E-state index in [1.54, 1.807) is 13.1 Å². The summed E-state index contributed by atoms with van der Waals surface area (Å²) in [5.74, 6) is 0.761. The summed E-state index contributed by atoms with van der Waals surface area (Å²) in [6, 6.07) is 7.84. The molecule has 0 radical (unpaired) electrons. The number of rotatable bonds is 5. The molecule has 0 aliphatic heterocycles. The van der Waals surface area contributed by atoms with Gasteiger partial charge < -0.3 is 9.84 Å². The Balaban J connectivity index is 2.03. The molecule has 2 rings (SSSR count). The summed E-state index contributed by atoms with van der Waals surface area (Å²) in [5.41, 5.74) is 3.08. The van der Waals surface area contributed by atoms with Gasteiger partial charge in [0.25, 0.3) is 0 Å². The van der Waals surface area contributed by atoms with E-state index in [4.69, 9.17) is 4.74 Å². The van der Waals surface area contributed by atoms with E-state index in [0.717, 1.165) is 29.0 Å². The predicted molar refractivity (Wildman–Crippen MR) is 74.2 cm³/mol. The Kier molecular flexibility index (Phi) is 4.22. The number of benzene rings is 1. The van der Waals surface area contributed by atoms with Crippen molar-refractivity contribution in [2.45, 2.75) is 26.4 Å². The molecule has 4 nitrogen and oxygen atoms in total. The van der Waals surface area contributed by atoms with Gasteiger partial charge in [-0.05, 0) is 31.5 Å². The van der Waals surface area contributed by atoms with Crippen LogP contribution in [0.25, 0.3) is 0 Å². The molecule has 0 spiro atoms. The Morgan fingerprint density at radius 1 is 1.37 bits per heavy atom. The highest BCUT2D eigenvalue weighted by atomic mass is 16.5. The second-order valence-corrected chi connectivity index (χ2v) is 4.76. The van der Waals surface area contributed by atoms with Gasteiger partial charge in [-0.25, -0.2) is 0 Å². The molecule has 1 N–H and O–H groups in total. The van der Waals surface area contributed by atoms with Crippen LogP contribution in [0.5, 0.6) is 5.75 Å². The predicted octanol–water partition coefficient (Wildman–Crippen LogP) is 2.40. The maximum absolute atomic E-state index is 9.73. The number of hydrogen-bond acceptors (Lipinski definition) is 3.